The van der Waals surface area contributed by atoms with Crippen LogP contribution in [0.5, 0.6) is 0 Å². The van der Waals surface area contributed by atoms with Crippen molar-refractivity contribution in [2.75, 3.05) is 10.5 Å². The second-order valence-corrected chi connectivity index (χ2v) is 7.41. The first-order chi connectivity index (χ1) is 8.52. The van der Waals surface area contributed by atoms with E-state index in [1.54, 1.807) is 0 Å². The van der Waals surface area contributed by atoms with Gasteiger partial charge in [0.1, 0.15) is 5.56 Å². The Hall–Kier alpha value is -1.57. The maximum absolute atomic E-state index is 11.9. The van der Waals surface area contributed by atoms with Gasteiger partial charge in [0, 0.05) is 7.05 Å². The van der Waals surface area contributed by atoms with Gasteiger partial charge in [-0.05, 0) is 11.8 Å². The third-order valence-electron chi connectivity index (χ3n) is 2.54. The highest BCUT2D eigenvalue weighted by Gasteiger charge is 2.22. The number of aromatic nitrogens is 2. The molecule has 0 atom stereocenters. The zero-order valence-electron chi connectivity index (χ0n) is 11.5. The van der Waals surface area contributed by atoms with E-state index in [1.807, 2.05) is 20.8 Å². The summed E-state index contributed by atoms with van der Waals surface area (Å²) < 4.78 is 27.3. The number of aromatic carboxylic acids is 1. The molecule has 1 heterocycles. The Morgan fingerprint density at radius 3 is 2.53 bits per heavy atom. The van der Waals surface area contributed by atoms with E-state index >= 15 is 0 Å². The maximum atomic E-state index is 11.9. The van der Waals surface area contributed by atoms with Crippen molar-refractivity contribution in [3.63, 3.8) is 0 Å². The summed E-state index contributed by atoms with van der Waals surface area (Å²) in [6.07, 6.45) is 1.59. The molecule has 19 heavy (non-hydrogen) atoms. The van der Waals surface area contributed by atoms with Crippen LogP contribution < -0.4 is 4.72 Å². The number of nitrogens with zero attached hydrogens (tertiary/aromatic N) is 2. The Bertz CT molecular complexity index is 569. The number of anilines is 1. The molecule has 8 heteroatoms. The summed E-state index contributed by atoms with van der Waals surface area (Å²) in [6, 6.07) is 0. The van der Waals surface area contributed by atoms with E-state index in [4.69, 9.17) is 5.11 Å². The lowest BCUT2D eigenvalue weighted by molar-refractivity contribution is 0.0698. The van der Waals surface area contributed by atoms with Crippen molar-refractivity contribution < 1.29 is 18.3 Å². The van der Waals surface area contributed by atoms with Crippen LogP contribution in [0.25, 0.3) is 0 Å². The van der Waals surface area contributed by atoms with Gasteiger partial charge in [-0.1, -0.05) is 20.8 Å². The van der Waals surface area contributed by atoms with Crippen molar-refractivity contribution in [2.24, 2.45) is 12.5 Å². The molecular weight excluding hydrogens is 270 g/mol. The molecule has 108 valence electrons. The van der Waals surface area contributed by atoms with E-state index in [0.29, 0.717) is 6.42 Å². The summed E-state index contributed by atoms with van der Waals surface area (Å²) in [5.74, 6) is -1.32. The smallest absolute Gasteiger partial charge is 0.341 e. The maximum Gasteiger partial charge on any atom is 0.341 e. The molecule has 0 amide bonds. The van der Waals surface area contributed by atoms with E-state index in [0.717, 1.165) is 6.20 Å². The van der Waals surface area contributed by atoms with Crippen LogP contribution in [-0.4, -0.2) is 35.0 Å². The summed E-state index contributed by atoms with van der Waals surface area (Å²) in [5.41, 5.74) is -0.279. The number of carboxylic acids is 1. The van der Waals surface area contributed by atoms with E-state index in [9.17, 15) is 13.2 Å². The fourth-order valence-electron chi connectivity index (χ4n) is 1.35. The van der Waals surface area contributed by atoms with Gasteiger partial charge in [0.25, 0.3) is 0 Å². The highest BCUT2D eigenvalue weighted by atomic mass is 32.2. The van der Waals surface area contributed by atoms with Gasteiger partial charge in [-0.3, -0.25) is 9.40 Å². The number of carbonyl (C=O) groups is 1. The molecule has 1 aromatic rings. The molecule has 0 saturated carbocycles. The van der Waals surface area contributed by atoms with Crippen molar-refractivity contribution >= 4 is 21.8 Å². The second-order valence-electron chi connectivity index (χ2n) is 5.57. The van der Waals surface area contributed by atoms with Crippen LogP contribution >= 0.6 is 0 Å². The number of aryl methyl sites for hydroxylation is 1. The molecule has 0 radical (unpaired) electrons. The molecule has 0 bridgehead atoms. The number of sulfonamides is 1. The molecule has 0 unspecified atom stereocenters. The molecule has 0 saturated heterocycles. The highest BCUT2D eigenvalue weighted by Crippen LogP contribution is 2.21. The second kappa shape index (κ2) is 5.20. The summed E-state index contributed by atoms with van der Waals surface area (Å²) >= 11 is 0. The molecular formula is C11H19N3O4S. The average molecular weight is 289 g/mol. The van der Waals surface area contributed by atoms with E-state index in [1.165, 1.54) is 11.7 Å². The first-order valence-corrected chi connectivity index (χ1v) is 7.43. The lowest BCUT2D eigenvalue weighted by atomic mass is 9.94. The molecule has 1 rings (SSSR count). The minimum absolute atomic E-state index is 0.0265. The van der Waals surface area contributed by atoms with Crippen molar-refractivity contribution in [1.29, 1.82) is 0 Å². The predicted molar refractivity (Wildman–Crippen MR) is 71.6 cm³/mol. The summed E-state index contributed by atoms with van der Waals surface area (Å²) in [7, 11) is -2.11. The van der Waals surface area contributed by atoms with Crippen LogP contribution in [0.1, 0.15) is 37.6 Å². The molecule has 2 N–H and O–H groups in total. The Morgan fingerprint density at radius 1 is 1.47 bits per heavy atom. The van der Waals surface area contributed by atoms with E-state index in [-0.39, 0.29) is 22.5 Å². The SMILES string of the molecule is Cn1ncc(C(=O)O)c1NS(=O)(=O)CCC(C)(C)C. The van der Waals surface area contributed by atoms with Crippen LogP contribution in [-0.2, 0) is 17.1 Å². The Balaban J connectivity index is 2.90. The summed E-state index contributed by atoms with van der Waals surface area (Å²) in [6.45, 7) is 5.82. The summed E-state index contributed by atoms with van der Waals surface area (Å²) in [5, 5.41) is 12.7. The van der Waals surface area contributed by atoms with Gasteiger partial charge in [-0.15, -0.1) is 0 Å². The van der Waals surface area contributed by atoms with Crippen molar-refractivity contribution in [1.82, 2.24) is 9.78 Å². The minimum atomic E-state index is -3.59. The van der Waals surface area contributed by atoms with Gasteiger partial charge in [0.15, 0.2) is 5.82 Å². The number of hydrogen-bond donors (Lipinski definition) is 2. The lowest BCUT2D eigenvalue weighted by Crippen LogP contribution is -2.23. The third-order valence-corrected chi connectivity index (χ3v) is 3.79. The van der Waals surface area contributed by atoms with Gasteiger partial charge < -0.3 is 5.11 Å². The molecule has 0 spiro atoms. The zero-order chi connectivity index (χ0) is 14.8. The number of carboxylic acid groups (broad SMARTS) is 1. The fraction of sp³-hybridized carbons (Fsp3) is 0.636. The van der Waals surface area contributed by atoms with Crippen molar-refractivity contribution in [3.8, 4) is 0 Å². The van der Waals surface area contributed by atoms with Gasteiger partial charge in [-0.25, -0.2) is 13.2 Å². The largest absolute Gasteiger partial charge is 0.477 e. The van der Waals surface area contributed by atoms with Gasteiger partial charge in [0.2, 0.25) is 10.0 Å². The molecule has 0 aliphatic heterocycles. The fourth-order valence-corrected chi connectivity index (χ4v) is 2.87. The zero-order valence-corrected chi connectivity index (χ0v) is 12.3. The van der Waals surface area contributed by atoms with Crippen LogP contribution in [0, 0.1) is 5.41 Å². The minimum Gasteiger partial charge on any atom is -0.477 e. The van der Waals surface area contributed by atoms with E-state index < -0.39 is 16.0 Å². The molecule has 1 aromatic heterocycles. The Labute approximate surface area is 112 Å². The van der Waals surface area contributed by atoms with Gasteiger partial charge >= 0.3 is 5.97 Å². The molecule has 0 aliphatic carbocycles. The van der Waals surface area contributed by atoms with Crippen LogP contribution in [0.3, 0.4) is 0 Å². The van der Waals surface area contributed by atoms with Gasteiger partial charge in [0.05, 0.1) is 11.9 Å². The lowest BCUT2D eigenvalue weighted by Gasteiger charge is -2.18. The topological polar surface area (TPSA) is 101 Å². The molecule has 0 aliphatic rings. The first-order valence-electron chi connectivity index (χ1n) is 5.78. The quantitative estimate of drug-likeness (QED) is 0.850. The monoisotopic (exact) mass is 289 g/mol. The van der Waals surface area contributed by atoms with Crippen molar-refractivity contribution in [3.05, 3.63) is 11.8 Å². The first kappa shape index (κ1) is 15.5. The Morgan fingerprint density at radius 2 is 2.05 bits per heavy atom. The third kappa shape index (κ3) is 4.55. The summed E-state index contributed by atoms with van der Waals surface area (Å²) in [4.78, 5) is 10.9. The van der Waals surface area contributed by atoms with E-state index in [2.05, 4.69) is 9.82 Å². The standard InChI is InChI=1S/C11H19N3O4S/c1-11(2,3)5-6-19(17,18)13-9-8(10(15)16)7-12-14(9)4/h7,13H,5-6H2,1-4H3,(H,15,16). The van der Waals surface area contributed by atoms with Crippen LogP contribution in [0.15, 0.2) is 6.20 Å². The van der Waals surface area contributed by atoms with Crippen LogP contribution in [0.2, 0.25) is 0 Å². The number of hydrogen-bond acceptors (Lipinski definition) is 4. The average Bonchev–Trinajstić information content (AvgIpc) is 2.57. The molecule has 0 fully saturated rings. The number of nitrogens with one attached hydrogen (secondary N) is 1. The number of rotatable bonds is 5. The normalized spacial score (nSPS) is 12.4. The predicted octanol–water partition coefficient (Wildman–Crippen LogP) is 1.30. The Kier molecular flexibility index (Phi) is 4.24. The van der Waals surface area contributed by atoms with Crippen LogP contribution in [0.4, 0.5) is 5.82 Å². The highest BCUT2D eigenvalue weighted by molar-refractivity contribution is 7.92. The van der Waals surface area contributed by atoms with Gasteiger partial charge in [-0.2, -0.15) is 5.10 Å². The van der Waals surface area contributed by atoms with Crippen molar-refractivity contribution in [2.45, 2.75) is 27.2 Å². The molecule has 7 nitrogen and oxygen atoms in total. The molecule has 0 aromatic carbocycles.